The second kappa shape index (κ2) is 22.3. The maximum atomic E-state index is 13.3. The van der Waals surface area contributed by atoms with E-state index in [1.807, 2.05) is 25.2 Å². The molecule has 3 rings (SSSR count). The Kier molecular flexibility index (Phi) is 18.7. The van der Waals surface area contributed by atoms with E-state index in [2.05, 4.69) is 29.9 Å². The Morgan fingerprint density at radius 2 is 1.98 bits per heavy atom. The normalized spacial score (nSPS) is 14.0. The molecular weight excluding hydrogens is 692 g/mol. The van der Waals surface area contributed by atoms with Gasteiger partial charge in [0, 0.05) is 46.3 Å². The molecule has 1 aromatic heterocycles. The zero-order valence-electron chi connectivity index (χ0n) is 29.6. The second-order valence-corrected chi connectivity index (χ2v) is 12.8. The molecule has 0 saturated carbocycles. The van der Waals surface area contributed by atoms with Gasteiger partial charge >= 0.3 is 0 Å². The minimum Gasteiger partial charge on any atom is -0.493 e. The van der Waals surface area contributed by atoms with Crippen molar-refractivity contribution in [1.82, 2.24) is 19.2 Å². The van der Waals surface area contributed by atoms with Crippen LogP contribution in [0, 0.1) is 25.6 Å². The second-order valence-electron chi connectivity index (χ2n) is 11.4. The zero-order chi connectivity index (χ0) is 37.9. The van der Waals surface area contributed by atoms with Crippen LogP contribution >= 0.6 is 0 Å². The number of aromatic amines is 1. The van der Waals surface area contributed by atoms with Crippen molar-refractivity contribution >= 4 is 28.7 Å². The van der Waals surface area contributed by atoms with Crippen molar-refractivity contribution in [2.24, 2.45) is 0 Å². The fraction of sp³-hybridized carbons (Fsp3) is 0.613. The van der Waals surface area contributed by atoms with Gasteiger partial charge < -0.3 is 39.7 Å². The topological polar surface area (TPSA) is 245 Å². The molecule has 0 aliphatic carbocycles. The molecular formula is C31H48N8O11S. The number of H-pyrrole nitrogens is 1. The number of ether oxygens (including phenoxy) is 2. The lowest BCUT2D eigenvalue weighted by atomic mass is 10.1. The molecule has 2 heterocycles. The quantitative estimate of drug-likeness (QED) is 0.0488. The Hall–Kier alpha value is -4.53. The van der Waals surface area contributed by atoms with Crippen LogP contribution in [0.5, 0.6) is 5.75 Å². The molecule has 2 aromatic rings. The summed E-state index contributed by atoms with van der Waals surface area (Å²) in [6.07, 6.45) is 2.65. The van der Waals surface area contributed by atoms with Crippen molar-refractivity contribution in [1.29, 1.82) is 5.41 Å². The number of likely N-dealkylation sites (N-methyl/N-ethyl adjacent to an activating group) is 1. The summed E-state index contributed by atoms with van der Waals surface area (Å²) < 4.78 is 26.2. The Bertz CT molecular complexity index is 1540. The average molecular weight is 741 g/mol. The Balaban J connectivity index is 0.000000475. The first-order valence-corrected chi connectivity index (χ1v) is 17.6. The van der Waals surface area contributed by atoms with Gasteiger partial charge in [0.2, 0.25) is 0 Å². The Morgan fingerprint density at radius 3 is 2.57 bits per heavy atom. The maximum Gasteiger partial charge on any atom is 0.294 e. The summed E-state index contributed by atoms with van der Waals surface area (Å²) in [5, 5.41) is 29.1. The van der Waals surface area contributed by atoms with Gasteiger partial charge in [-0.25, -0.2) is 13.5 Å². The van der Waals surface area contributed by atoms with E-state index in [9.17, 15) is 34.0 Å². The highest BCUT2D eigenvalue weighted by Gasteiger charge is 2.34. The summed E-state index contributed by atoms with van der Waals surface area (Å²) in [6.45, 7) is 6.66. The number of unbranched alkanes of at least 4 members (excludes halogenated alkanes) is 2. The van der Waals surface area contributed by atoms with Crippen LogP contribution in [-0.2, 0) is 30.2 Å². The Labute approximate surface area is 298 Å². The largest absolute Gasteiger partial charge is 0.493 e. The molecule has 1 saturated heterocycles. The van der Waals surface area contributed by atoms with Crippen LogP contribution < -0.4 is 15.6 Å². The van der Waals surface area contributed by atoms with Crippen LogP contribution in [-0.4, -0.2) is 118 Å². The molecule has 0 spiro atoms. The minimum atomic E-state index is -1.36. The van der Waals surface area contributed by atoms with Gasteiger partial charge in [-0.1, -0.05) is 19.8 Å². The van der Waals surface area contributed by atoms with Crippen molar-refractivity contribution in [3.63, 3.8) is 0 Å². The van der Waals surface area contributed by atoms with E-state index in [1.165, 1.54) is 0 Å². The predicted molar refractivity (Wildman–Crippen MR) is 188 cm³/mol. The molecule has 0 bridgehead atoms. The number of aldehydes is 1. The third-order valence-corrected chi connectivity index (χ3v) is 9.12. The standard InChI is InChI=1S/C24H36N6O4S.C7H12N2O7/c1-6-8-19(25)21-22(26-3)24(31)28-23(27-21)18-13-17(9-10-20(18)34-7-2)35(32)30-14-16(15-30)29(4)11-12-33-5;10-5-3-1-2-4-7(16-9(13)14)6-15-8(11)12/h9-10,13,16,25-26H,6-8,11-12,14-15H2,1-5H3,(H,27,28,31);5,7H,1-4,6H2. The van der Waals surface area contributed by atoms with Crippen molar-refractivity contribution in [3.05, 3.63) is 54.5 Å². The van der Waals surface area contributed by atoms with Crippen LogP contribution in [0.2, 0.25) is 0 Å². The maximum absolute atomic E-state index is 13.3. The number of methoxy groups -OCH3 is 1. The summed E-state index contributed by atoms with van der Waals surface area (Å²) in [5.74, 6) is 0.815. The number of hydrogen-bond acceptors (Lipinski definition) is 15. The third kappa shape index (κ3) is 13.6. The number of benzene rings is 1. The summed E-state index contributed by atoms with van der Waals surface area (Å²) in [5.41, 5.74) is 1.02. The van der Waals surface area contributed by atoms with Crippen LogP contribution in [0.4, 0.5) is 5.69 Å². The van der Waals surface area contributed by atoms with Gasteiger partial charge in [0.1, 0.15) is 52.9 Å². The highest BCUT2D eigenvalue weighted by Crippen LogP contribution is 2.32. The molecule has 2 atom stereocenters. The highest BCUT2D eigenvalue weighted by atomic mass is 32.2. The first-order valence-electron chi connectivity index (χ1n) is 16.5. The number of aromatic nitrogens is 2. The van der Waals surface area contributed by atoms with Gasteiger partial charge in [-0.05, 0) is 51.4 Å². The van der Waals surface area contributed by atoms with Crippen molar-refractivity contribution in [2.75, 3.05) is 66.0 Å². The summed E-state index contributed by atoms with van der Waals surface area (Å²) in [7, 11) is 4.00. The Morgan fingerprint density at radius 1 is 1.25 bits per heavy atom. The fourth-order valence-electron chi connectivity index (χ4n) is 4.93. The average Bonchev–Trinajstić information content (AvgIpc) is 3.07. The highest BCUT2D eigenvalue weighted by molar-refractivity contribution is 7.82. The molecule has 1 aromatic carbocycles. The van der Waals surface area contributed by atoms with Crippen molar-refractivity contribution in [3.8, 4) is 17.1 Å². The van der Waals surface area contributed by atoms with E-state index in [0.717, 1.165) is 19.3 Å². The molecule has 1 aliphatic heterocycles. The molecule has 19 nitrogen and oxygen atoms in total. The monoisotopic (exact) mass is 740 g/mol. The van der Waals surface area contributed by atoms with Gasteiger partial charge in [-0.15, -0.1) is 20.2 Å². The predicted octanol–water partition coefficient (Wildman–Crippen LogP) is 2.86. The molecule has 1 aliphatic rings. The molecule has 0 amide bonds. The first-order chi connectivity index (χ1) is 24.4. The van der Waals surface area contributed by atoms with Gasteiger partial charge in [0.15, 0.2) is 0 Å². The number of nitrogens with one attached hydrogen (secondary N) is 3. The van der Waals surface area contributed by atoms with E-state index in [1.54, 1.807) is 32.4 Å². The van der Waals surface area contributed by atoms with Crippen molar-refractivity contribution < 1.29 is 38.3 Å². The first kappa shape index (κ1) is 42.6. The molecule has 20 heteroatoms. The lowest BCUT2D eigenvalue weighted by Gasteiger charge is -2.42. The smallest absolute Gasteiger partial charge is 0.294 e. The summed E-state index contributed by atoms with van der Waals surface area (Å²) in [6, 6.07) is 5.63. The van der Waals surface area contributed by atoms with E-state index in [4.69, 9.17) is 14.9 Å². The SMILES string of the molecule is CCCC(=N)c1nc(-c2cc(S(=O)N3CC(N(C)CCOC)C3)ccc2OCC)[nH]c(=O)c1NC.O=CCCCCC(CO[N+](=O)[O-])O[N+](=O)[O-]. The van der Waals surface area contributed by atoms with Crippen LogP contribution in [0.25, 0.3) is 11.4 Å². The lowest BCUT2D eigenvalue weighted by molar-refractivity contribution is -0.790. The van der Waals surface area contributed by atoms with E-state index < -0.39 is 33.9 Å². The lowest BCUT2D eigenvalue weighted by Crippen LogP contribution is -2.58. The molecule has 2 unspecified atom stereocenters. The number of nitrogens with zero attached hydrogens (tertiary/aromatic N) is 5. The molecule has 284 valence electrons. The number of hydrogen-bond donors (Lipinski definition) is 3. The van der Waals surface area contributed by atoms with Gasteiger partial charge in [0.05, 0.1) is 29.4 Å². The van der Waals surface area contributed by atoms with Gasteiger partial charge in [0.25, 0.3) is 15.7 Å². The van der Waals surface area contributed by atoms with Gasteiger partial charge in [-0.3, -0.25) is 9.69 Å². The van der Waals surface area contributed by atoms with Crippen LogP contribution in [0.3, 0.4) is 0 Å². The van der Waals surface area contributed by atoms with E-state index in [-0.39, 0.29) is 29.2 Å². The molecule has 3 N–H and O–H groups in total. The number of carbonyl (C=O) groups excluding carboxylic acids is 1. The fourth-order valence-corrected chi connectivity index (χ4v) is 6.25. The number of anilines is 1. The van der Waals surface area contributed by atoms with E-state index in [0.29, 0.717) is 79.9 Å². The molecule has 51 heavy (non-hydrogen) atoms. The van der Waals surface area contributed by atoms with Crippen LogP contribution in [0.1, 0.15) is 58.1 Å². The van der Waals surface area contributed by atoms with E-state index >= 15 is 0 Å². The minimum absolute atomic E-state index is 0.225. The van der Waals surface area contributed by atoms with Crippen LogP contribution in [0.15, 0.2) is 27.9 Å². The van der Waals surface area contributed by atoms with Gasteiger partial charge in [-0.2, -0.15) is 0 Å². The summed E-state index contributed by atoms with van der Waals surface area (Å²) in [4.78, 5) is 61.2. The molecule has 0 radical (unpaired) electrons. The summed E-state index contributed by atoms with van der Waals surface area (Å²) >= 11 is 0. The number of carbonyl (C=O) groups is 1. The third-order valence-electron chi connectivity index (χ3n) is 7.70. The molecule has 1 fully saturated rings. The number of rotatable bonds is 23. The zero-order valence-corrected chi connectivity index (χ0v) is 30.4. The van der Waals surface area contributed by atoms with Crippen molar-refractivity contribution in [2.45, 2.75) is 69.4 Å².